The second-order valence-electron chi connectivity index (χ2n) is 8.15. The molecule has 0 saturated heterocycles. The van der Waals surface area contributed by atoms with Gasteiger partial charge in [-0.25, -0.2) is 13.1 Å². The van der Waals surface area contributed by atoms with E-state index in [4.69, 9.17) is 16.3 Å². The van der Waals surface area contributed by atoms with Crippen molar-refractivity contribution in [3.8, 4) is 11.8 Å². The van der Waals surface area contributed by atoms with Crippen molar-refractivity contribution >= 4 is 60.8 Å². The summed E-state index contributed by atoms with van der Waals surface area (Å²) in [6.07, 6.45) is 0. The number of amides is 2. The molecule has 38 heavy (non-hydrogen) atoms. The van der Waals surface area contributed by atoms with Gasteiger partial charge in [0.25, 0.3) is 15.9 Å². The molecule has 0 heterocycles. The molecule has 0 saturated carbocycles. The number of rotatable bonds is 9. The first-order valence-electron chi connectivity index (χ1n) is 10.9. The van der Waals surface area contributed by atoms with Gasteiger partial charge in [0, 0.05) is 16.3 Å². The maximum absolute atomic E-state index is 13.2. The number of aryl methyl sites for hydroxylation is 2. The topological polar surface area (TPSA) is 142 Å². The van der Waals surface area contributed by atoms with Crippen LogP contribution in [0.3, 0.4) is 0 Å². The van der Waals surface area contributed by atoms with Crippen molar-refractivity contribution in [2.24, 2.45) is 0 Å². The molecule has 12 heteroatoms. The largest absolute Gasteiger partial charge is 0.483 e. The second kappa shape index (κ2) is 12.2. The van der Waals surface area contributed by atoms with Crippen molar-refractivity contribution in [1.82, 2.24) is 4.72 Å². The quantitative estimate of drug-likeness (QED) is 0.269. The molecule has 0 aliphatic rings. The molecule has 2 amide bonds. The number of benzene rings is 3. The van der Waals surface area contributed by atoms with E-state index in [2.05, 4.69) is 21.2 Å². The van der Waals surface area contributed by atoms with Crippen LogP contribution in [-0.4, -0.2) is 38.0 Å². The Morgan fingerprint density at radius 3 is 2.42 bits per heavy atom. The van der Waals surface area contributed by atoms with Crippen LogP contribution in [0.4, 0.5) is 5.69 Å². The van der Waals surface area contributed by atoms with E-state index in [1.165, 1.54) is 42.5 Å². The summed E-state index contributed by atoms with van der Waals surface area (Å²) in [5.74, 6) is -1.59. The van der Waals surface area contributed by atoms with Crippen molar-refractivity contribution in [1.29, 1.82) is 5.26 Å². The Bertz CT molecular complexity index is 1580. The number of halogens is 2. The molecular formula is C26H21BrClN3O6S. The Kier molecular flexibility index (Phi) is 9.27. The number of hydrogen-bond acceptors (Lipinski definition) is 7. The van der Waals surface area contributed by atoms with Gasteiger partial charge in [-0.3, -0.25) is 14.4 Å². The molecule has 0 fully saturated rings. The van der Waals surface area contributed by atoms with Gasteiger partial charge in [0.05, 0.1) is 27.4 Å². The predicted octanol–water partition coefficient (Wildman–Crippen LogP) is 4.28. The van der Waals surface area contributed by atoms with Gasteiger partial charge in [-0.05, 0) is 79.6 Å². The van der Waals surface area contributed by atoms with Gasteiger partial charge in [-0.2, -0.15) is 5.26 Å². The first-order valence-corrected chi connectivity index (χ1v) is 13.9. The molecule has 196 valence electrons. The Morgan fingerprint density at radius 1 is 1.03 bits per heavy atom. The van der Waals surface area contributed by atoms with Gasteiger partial charge in [0.2, 0.25) is 5.91 Å². The third-order valence-electron chi connectivity index (χ3n) is 5.17. The standard InChI is InChI=1S/C26H21BrClN3O6S/c1-15-7-17(13-29)10-18(8-15)26(34)21-11-19(28)3-6-23(21)37-14-25(33)30-22-5-4-20(9-16(22)2)38(35,36)31-24(32)12-27/h3-11H,12,14H2,1-2H3,(H,30,33)(H,31,32). The first-order chi connectivity index (χ1) is 17.9. The van der Waals surface area contributed by atoms with Crippen LogP contribution in [0.15, 0.2) is 59.5 Å². The minimum absolute atomic E-state index is 0.121. The number of alkyl halides is 1. The van der Waals surface area contributed by atoms with Crippen LogP contribution in [0.5, 0.6) is 5.75 Å². The van der Waals surface area contributed by atoms with Crippen LogP contribution in [0.2, 0.25) is 5.02 Å². The first kappa shape index (κ1) is 28.8. The fraction of sp³-hybridized carbons (Fsp3) is 0.154. The van der Waals surface area contributed by atoms with Gasteiger partial charge < -0.3 is 10.1 Å². The van der Waals surface area contributed by atoms with E-state index in [1.54, 1.807) is 26.0 Å². The molecule has 2 N–H and O–H groups in total. The van der Waals surface area contributed by atoms with E-state index in [9.17, 15) is 28.1 Å². The van der Waals surface area contributed by atoms with E-state index in [0.29, 0.717) is 16.8 Å². The van der Waals surface area contributed by atoms with Crippen LogP contribution in [0.1, 0.15) is 32.6 Å². The van der Waals surface area contributed by atoms with Crippen molar-refractivity contribution in [2.45, 2.75) is 18.7 Å². The number of ketones is 1. The van der Waals surface area contributed by atoms with E-state index >= 15 is 0 Å². The molecule has 0 aliphatic heterocycles. The Morgan fingerprint density at radius 2 is 1.76 bits per heavy atom. The highest BCUT2D eigenvalue weighted by molar-refractivity contribution is 9.09. The van der Waals surface area contributed by atoms with Crippen molar-refractivity contribution in [3.63, 3.8) is 0 Å². The number of anilines is 1. The van der Waals surface area contributed by atoms with Gasteiger partial charge in [-0.15, -0.1) is 0 Å². The maximum atomic E-state index is 13.2. The molecule has 0 atom stereocenters. The van der Waals surface area contributed by atoms with Gasteiger partial charge in [0.1, 0.15) is 5.75 Å². The van der Waals surface area contributed by atoms with Crippen LogP contribution >= 0.6 is 27.5 Å². The lowest BCUT2D eigenvalue weighted by atomic mass is 9.98. The lowest BCUT2D eigenvalue weighted by Gasteiger charge is -2.14. The zero-order chi connectivity index (χ0) is 28.0. The van der Waals surface area contributed by atoms with Gasteiger partial charge >= 0.3 is 0 Å². The average molecular weight is 619 g/mol. The molecular weight excluding hydrogens is 598 g/mol. The molecule has 3 aromatic rings. The highest BCUT2D eigenvalue weighted by Crippen LogP contribution is 2.27. The monoisotopic (exact) mass is 617 g/mol. The third kappa shape index (κ3) is 7.19. The number of sulfonamides is 1. The summed E-state index contributed by atoms with van der Waals surface area (Å²) in [7, 11) is -4.06. The third-order valence-corrected chi connectivity index (χ3v) is 7.28. The molecule has 0 bridgehead atoms. The van der Waals surface area contributed by atoms with E-state index in [1.807, 2.05) is 10.8 Å². The van der Waals surface area contributed by atoms with E-state index < -0.39 is 34.2 Å². The highest BCUT2D eigenvalue weighted by Gasteiger charge is 2.20. The number of nitrogens with zero attached hydrogens (tertiary/aromatic N) is 1. The van der Waals surface area contributed by atoms with E-state index in [0.717, 1.165) is 5.56 Å². The normalized spacial score (nSPS) is 10.8. The molecule has 3 rings (SSSR count). The van der Waals surface area contributed by atoms with Gasteiger partial charge in [-0.1, -0.05) is 27.5 Å². The van der Waals surface area contributed by atoms with Crippen LogP contribution < -0.4 is 14.8 Å². The number of carbonyl (C=O) groups excluding carboxylic acids is 3. The van der Waals surface area contributed by atoms with Crippen LogP contribution in [0, 0.1) is 25.2 Å². The summed E-state index contributed by atoms with van der Waals surface area (Å²) in [5.41, 5.74) is 2.23. The summed E-state index contributed by atoms with van der Waals surface area (Å²) in [5, 5.41) is 12.0. The minimum atomic E-state index is -4.06. The van der Waals surface area contributed by atoms with Crippen LogP contribution in [-0.2, 0) is 19.6 Å². The van der Waals surface area contributed by atoms with Crippen molar-refractivity contribution in [2.75, 3.05) is 17.3 Å². The Hall–Kier alpha value is -3.72. The molecule has 3 aromatic carbocycles. The van der Waals surface area contributed by atoms with Crippen molar-refractivity contribution in [3.05, 3.63) is 87.4 Å². The summed E-state index contributed by atoms with van der Waals surface area (Å²) >= 11 is 8.99. The minimum Gasteiger partial charge on any atom is -0.483 e. The van der Waals surface area contributed by atoms with E-state index in [-0.39, 0.29) is 32.1 Å². The highest BCUT2D eigenvalue weighted by atomic mass is 79.9. The molecule has 9 nitrogen and oxygen atoms in total. The molecule has 0 aromatic heterocycles. The Labute approximate surface area is 232 Å². The Balaban J connectivity index is 1.75. The lowest BCUT2D eigenvalue weighted by molar-refractivity contribution is -0.118. The number of ether oxygens (including phenoxy) is 1. The fourth-order valence-corrected chi connectivity index (χ4v) is 5.02. The summed E-state index contributed by atoms with van der Waals surface area (Å²) in [6, 6.07) is 15.1. The molecule has 0 aliphatic carbocycles. The fourth-order valence-electron chi connectivity index (χ4n) is 3.45. The number of carbonyl (C=O) groups is 3. The zero-order valence-electron chi connectivity index (χ0n) is 20.2. The summed E-state index contributed by atoms with van der Waals surface area (Å²) < 4.78 is 32.1. The number of nitriles is 1. The molecule has 0 unspecified atom stereocenters. The lowest BCUT2D eigenvalue weighted by Crippen LogP contribution is -2.31. The molecule has 0 radical (unpaired) electrons. The molecule has 0 spiro atoms. The number of hydrogen-bond donors (Lipinski definition) is 2. The second-order valence-corrected chi connectivity index (χ2v) is 10.8. The van der Waals surface area contributed by atoms with Crippen LogP contribution in [0.25, 0.3) is 0 Å². The smallest absolute Gasteiger partial charge is 0.264 e. The maximum Gasteiger partial charge on any atom is 0.264 e. The SMILES string of the molecule is Cc1cc(C#N)cc(C(=O)c2cc(Cl)ccc2OCC(=O)Nc2ccc(S(=O)(=O)NC(=O)CBr)cc2C)c1. The summed E-state index contributed by atoms with van der Waals surface area (Å²) in [6.45, 7) is 2.90. The van der Waals surface area contributed by atoms with Gasteiger partial charge in [0.15, 0.2) is 12.4 Å². The summed E-state index contributed by atoms with van der Waals surface area (Å²) in [4.78, 5) is 37.1. The predicted molar refractivity (Wildman–Crippen MR) is 145 cm³/mol. The average Bonchev–Trinajstić information content (AvgIpc) is 2.87. The number of nitrogens with one attached hydrogen (secondary N) is 2. The zero-order valence-corrected chi connectivity index (χ0v) is 23.3. The van der Waals surface area contributed by atoms with Crippen molar-refractivity contribution < 1.29 is 27.5 Å².